The molecular weight excluding hydrogens is 314 g/mol. The van der Waals surface area contributed by atoms with Gasteiger partial charge >= 0.3 is 5.63 Å². The van der Waals surface area contributed by atoms with Gasteiger partial charge in [0.05, 0.1) is 18.0 Å². The highest BCUT2D eigenvalue weighted by molar-refractivity contribution is 5.78. The quantitative estimate of drug-likeness (QED) is 0.554. The first-order chi connectivity index (χ1) is 12.2. The molecule has 0 aliphatic heterocycles. The highest BCUT2D eigenvalue weighted by Crippen LogP contribution is 2.25. The maximum atomic E-state index is 12.1. The van der Waals surface area contributed by atoms with Gasteiger partial charge in [-0.15, -0.1) is 0 Å². The normalized spacial score (nSPS) is 10.8. The maximum absolute atomic E-state index is 12.1. The van der Waals surface area contributed by atoms with Crippen LogP contribution in [-0.4, -0.2) is 12.1 Å². The fraction of sp³-hybridized carbons (Fsp3) is 0.0476. The summed E-state index contributed by atoms with van der Waals surface area (Å²) in [5.41, 5.74) is 3.17. The molecule has 4 nitrogen and oxygen atoms in total. The van der Waals surface area contributed by atoms with Gasteiger partial charge in [0, 0.05) is 5.56 Å². The van der Waals surface area contributed by atoms with Crippen LogP contribution in [0.3, 0.4) is 0 Å². The average molecular weight is 329 g/mol. The summed E-state index contributed by atoms with van der Waals surface area (Å²) in [6.07, 6.45) is 0. The fourth-order valence-electron chi connectivity index (χ4n) is 2.73. The van der Waals surface area contributed by atoms with E-state index in [2.05, 4.69) is 4.98 Å². The second kappa shape index (κ2) is 6.24. The van der Waals surface area contributed by atoms with Crippen molar-refractivity contribution in [3.8, 4) is 28.3 Å². The van der Waals surface area contributed by atoms with E-state index in [9.17, 15) is 4.79 Å². The molecule has 1 aromatic heterocycles. The first-order valence-corrected chi connectivity index (χ1v) is 7.89. The third-order valence-electron chi connectivity index (χ3n) is 4.09. The summed E-state index contributed by atoms with van der Waals surface area (Å²) in [5.74, 6) is 1.15. The van der Waals surface area contributed by atoms with E-state index in [0.717, 1.165) is 22.4 Å². The summed E-state index contributed by atoms with van der Waals surface area (Å²) in [7, 11) is 1.65. The number of aromatic nitrogens is 1. The van der Waals surface area contributed by atoms with Crippen LogP contribution in [0.2, 0.25) is 0 Å². The number of nitrogens with zero attached hydrogens (tertiary/aromatic N) is 1. The molecule has 0 atom stereocenters. The Balaban J connectivity index is 1.71. The van der Waals surface area contributed by atoms with Crippen molar-refractivity contribution >= 4 is 10.9 Å². The Kier molecular flexibility index (Phi) is 3.78. The van der Waals surface area contributed by atoms with Crippen molar-refractivity contribution < 1.29 is 9.15 Å². The minimum atomic E-state index is -0.375. The lowest BCUT2D eigenvalue weighted by molar-refractivity contribution is 0.415. The second-order valence-corrected chi connectivity index (χ2v) is 5.63. The highest BCUT2D eigenvalue weighted by atomic mass is 16.5. The summed E-state index contributed by atoms with van der Waals surface area (Å²) in [5, 5.41) is 0.487. The predicted octanol–water partition coefficient (Wildman–Crippen LogP) is 4.53. The molecule has 4 heteroatoms. The van der Waals surface area contributed by atoms with Gasteiger partial charge in [-0.2, -0.15) is 0 Å². The molecule has 0 aliphatic rings. The van der Waals surface area contributed by atoms with Crippen LogP contribution in [0, 0.1) is 0 Å². The van der Waals surface area contributed by atoms with Crippen LogP contribution in [-0.2, 0) is 0 Å². The lowest BCUT2D eigenvalue weighted by atomic mass is 10.0. The Morgan fingerprint density at radius 3 is 2.08 bits per heavy atom. The Bertz CT molecular complexity index is 1080. The van der Waals surface area contributed by atoms with Gasteiger partial charge in [0.25, 0.3) is 0 Å². The molecule has 4 rings (SSSR count). The lowest BCUT2D eigenvalue weighted by Gasteiger charge is -2.05. The number of fused-ring (bicyclic) bond motifs is 1. The zero-order valence-electron chi connectivity index (χ0n) is 13.6. The SMILES string of the molecule is COc1ccc(-c2ccc(-c3nc4ccccc4c(=O)o3)cc2)cc1. The van der Waals surface area contributed by atoms with Gasteiger partial charge in [-0.3, -0.25) is 0 Å². The average Bonchev–Trinajstić information content (AvgIpc) is 2.68. The molecule has 122 valence electrons. The summed E-state index contributed by atoms with van der Waals surface area (Å²) >= 11 is 0. The molecule has 0 saturated heterocycles. The molecule has 4 aromatic rings. The van der Waals surface area contributed by atoms with Gasteiger partial charge in [-0.05, 0) is 47.5 Å². The number of hydrogen-bond donors (Lipinski definition) is 0. The van der Waals surface area contributed by atoms with Crippen molar-refractivity contribution in [3.05, 3.63) is 83.2 Å². The van der Waals surface area contributed by atoms with E-state index in [1.54, 1.807) is 19.2 Å². The molecular formula is C21H15NO3. The smallest absolute Gasteiger partial charge is 0.347 e. The van der Waals surface area contributed by atoms with Gasteiger partial charge in [0.1, 0.15) is 5.75 Å². The minimum Gasteiger partial charge on any atom is -0.497 e. The molecule has 1 heterocycles. The number of hydrogen-bond acceptors (Lipinski definition) is 4. The van der Waals surface area contributed by atoms with Gasteiger partial charge in [0.15, 0.2) is 0 Å². The minimum absolute atomic E-state index is 0.324. The number of benzene rings is 3. The molecule has 0 fully saturated rings. The van der Waals surface area contributed by atoms with E-state index in [-0.39, 0.29) is 5.63 Å². The third kappa shape index (κ3) is 2.90. The standard InChI is InChI=1S/C21H15NO3/c1-24-17-12-10-15(11-13-17)14-6-8-16(9-7-14)20-22-19-5-3-2-4-18(19)21(23)25-20/h2-13H,1H3. The predicted molar refractivity (Wildman–Crippen MR) is 97.7 cm³/mol. The second-order valence-electron chi connectivity index (χ2n) is 5.63. The lowest BCUT2D eigenvalue weighted by Crippen LogP contribution is -2.02. The molecule has 0 saturated carbocycles. The summed E-state index contributed by atoms with van der Waals surface area (Å²) < 4.78 is 10.5. The summed E-state index contributed by atoms with van der Waals surface area (Å²) in [4.78, 5) is 16.6. The van der Waals surface area contributed by atoms with E-state index in [1.807, 2.05) is 60.7 Å². The molecule has 0 aliphatic carbocycles. The Morgan fingerprint density at radius 2 is 1.40 bits per heavy atom. The number of methoxy groups -OCH3 is 1. The Morgan fingerprint density at radius 1 is 0.800 bits per heavy atom. The van der Waals surface area contributed by atoms with Gasteiger partial charge in [0.2, 0.25) is 5.89 Å². The van der Waals surface area contributed by atoms with Crippen LogP contribution in [0.4, 0.5) is 0 Å². The van der Waals surface area contributed by atoms with Gasteiger partial charge in [-0.25, -0.2) is 9.78 Å². The molecule has 25 heavy (non-hydrogen) atoms. The van der Waals surface area contributed by atoms with Crippen LogP contribution in [0.1, 0.15) is 0 Å². The van der Waals surface area contributed by atoms with Crippen molar-refractivity contribution in [3.63, 3.8) is 0 Å². The topological polar surface area (TPSA) is 52.3 Å². The van der Waals surface area contributed by atoms with Crippen molar-refractivity contribution in [2.45, 2.75) is 0 Å². The summed E-state index contributed by atoms with van der Waals surface area (Å²) in [6, 6.07) is 22.8. The molecule has 3 aromatic carbocycles. The summed E-state index contributed by atoms with van der Waals surface area (Å²) in [6.45, 7) is 0. The number of rotatable bonds is 3. The number of ether oxygens (including phenoxy) is 1. The number of para-hydroxylation sites is 1. The van der Waals surface area contributed by atoms with E-state index in [4.69, 9.17) is 9.15 Å². The Hall–Kier alpha value is -3.40. The molecule has 0 N–H and O–H groups in total. The maximum Gasteiger partial charge on any atom is 0.347 e. The van der Waals surface area contributed by atoms with Crippen molar-refractivity contribution in [2.75, 3.05) is 7.11 Å². The van der Waals surface area contributed by atoms with E-state index >= 15 is 0 Å². The first kappa shape index (κ1) is 15.1. The van der Waals surface area contributed by atoms with E-state index < -0.39 is 0 Å². The fourth-order valence-corrected chi connectivity index (χ4v) is 2.73. The van der Waals surface area contributed by atoms with Crippen molar-refractivity contribution in [2.24, 2.45) is 0 Å². The molecule has 0 amide bonds. The monoisotopic (exact) mass is 329 g/mol. The molecule has 0 unspecified atom stereocenters. The zero-order chi connectivity index (χ0) is 17.2. The van der Waals surface area contributed by atoms with E-state index in [1.165, 1.54) is 0 Å². The van der Waals surface area contributed by atoms with Crippen LogP contribution >= 0.6 is 0 Å². The first-order valence-electron chi connectivity index (χ1n) is 7.89. The highest BCUT2D eigenvalue weighted by Gasteiger charge is 2.08. The zero-order valence-corrected chi connectivity index (χ0v) is 13.6. The van der Waals surface area contributed by atoms with Crippen LogP contribution in [0.15, 0.2) is 82.0 Å². The largest absolute Gasteiger partial charge is 0.497 e. The van der Waals surface area contributed by atoms with Crippen molar-refractivity contribution in [1.82, 2.24) is 4.98 Å². The van der Waals surface area contributed by atoms with Crippen LogP contribution in [0.25, 0.3) is 33.5 Å². The molecule has 0 bridgehead atoms. The van der Waals surface area contributed by atoms with Crippen LogP contribution in [0.5, 0.6) is 5.75 Å². The molecule has 0 spiro atoms. The van der Waals surface area contributed by atoms with Crippen LogP contribution < -0.4 is 10.4 Å². The molecule has 0 radical (unpaired) electrons. The van der Waals surface area contributed by atoms with Gasteiger partial charge in [-0.1, -0.05) is 36.4 Å². The Labute approximate surface area is 144 Å². The van der Waals surface area contributed by atoms with Gasteiger partial charge < -0.3 is 9.15 Å². The third-order valence-corrected chi connectivity index (χ3v) is 4.09. The van der Waals surface area contributed by atoms with Crippen molar-refractivity contribution in [1.29, 1.82) is 0 Å². The van der Waals surface area contributed by atoms with E-state index in [0.29, 0.717) is 16.8 Å².